The van der Waals surface area contributed by atoms with E-state index in [1.807, 2.05) is 12.1 Å². The van der Waals surface area contributed by atoms with Gasteiger partial charge in [0.2, 0.25) is 8.03 Å². The summed E-state index contributed by atoms with van der Waals surface area (Å²) in [6.07, 6.45) is -0.239. The molecule has 0 aliphatic carbocycles. The molecular formula is C12H11O4P. The molecule has 2 N–H and O–H groups in total. The smallest absolute Gasteiger partial charge is 0.307 e. The summed E-state index contributed by atoms with van der Waals surface area (Å²) in [6.45, 7) is 0. The van der Waals surface area contributed by atoms with E-state index in [1.165, 1.54) is 0 Å². The second-order valence-electron chi connectivity index (χ2n) is 3.70. The molecule has 88 valence electrons. The molecule has 2 aromatic carbocycles. The van der Waals surface area contributed by atoms with E-state index in [9.17, 15) is 14.3 Å². The first-order valence-electron chi connectivity index (χ1n) is 5.05. The predicted octanol–water partition coefficient (Wildman–Crippen LogP) is 1.56. The van der Waals surface area contributed by atoms with Crippen LogP contribution in [0.2, 0.25) is 0 Å². The highest BCUT2D eigenvalue weighted by Crippen LogP contribution is 2.24. The number of hydrogen-bond donors (Lipinski definition) is 2. The highest BCUT2D eigenvalue weighted by atomic mass is 31.1. The fourth-order valence-corrected chi connectivity index (χ4v) is 2.78. The van der Waals surface area contributed by atoms with Gasteiger partial charge in [-0.25, -0.2) is 0 Å². The topological polar surface area (TPSA) is 74.6 Å². The van der Waals surface area contributed by atoms with Crippen LogP contribution in [0.15, 0.2) is 36.4 Å². The van der Waals surface area contributed by atoms with Crippen LogP contribution in [0.1, 0.15) is 5.56 Å². The quantitative estimate of drug-likeness (QED) is 0.810. The minimum absolute atomic E-state index is 0.239. The molecule has 0 bridgehead atoms. The van der Waals surface area contributed by atoms with Gasteiger partial charge in [0, 0.05) is 5.30 Å². The molecule has 0 saturated heterocycles. The van der Waals surface area contributed by atoms with Gasteiger partial charge in [0.15, 0.2) is 0 Å². The van der Waals surface area contributed by atoms with Crippen LogP contribution in [0.5, 0.6) is 0 Å². The lowest BCUT2D eigenvalue weighted by atomic mass is 10.0. The Hall–Kier alpha value is -1.64. The van der Waals surface area contributed by atoms with Crippen LogP contribution >= 0.6 is 8.03 Å². The van der Waals surface area contributed by atoms with Crippen molar-refractivity contribution in [1.29, 1.82) is 0 Å². The highest BCUT2D eigenvalue weighted by Gasteiger charge is 2.13. The molecule has 0 aromatic heterocycles. The van der Waals surface area contributed by atoms with E-state index in [-0.39, 0.29) is 11.7 Å². The van der Waals surface area contributed by atoms with E-state index in [2.05, 4.69) is 0 Å². The van der Waals surface area contributed by atoms with Crippen molar-refractivity contribution in [3.05, 3.63) is 42.0 Å². The third kappa shape index (κ3) is 2.38. The molecule has 0 aliphatic heterocycles. The van der Waals surface area contributed by atoms with Crippen molar-refractivity contribution in [2.24, 2.45) is 0 Å². The maximum atomic E-state index is 11.4. The minimum Gasteiger partial charge on any atom is -0.481 e. The Labute approximate surface area is 98.4 Å². The van der Waals surface area contributed by atoms with Crippen molar-refractivity contribution in [3.63, 3.8) is 0 Å². The van der Waals surface area contributed by atoms with Crippen molar-refractivity contribution >= 4 is 30.1 Å². The summed E-state index contributed by atoms with van der Waals surface area (Å²) < 4.78 is 11.4. The molecule has 0 heterocycles. The van der Waals surface area contributed by atoms with Gasteiger partial charge < -0.3 is 10.00 Å². The van der Waals surface area contributed by atoms with E-state index in [0.29, 0.717) is 10.9 Å². The van der Waals surface area contributed by atoms with Crippen molar-refractivity contribution in [2.45, 2.75) is 6.42 Å². The van der Waals surface area contributed by atoms with Crippen LogP contribution in [0.4, 0.5) is 0 Å². The Morgan fingerprint density at radius 3 is 2.53 bits per heavy atom. The first-order chi connectivity index (χ1) is 8.09. The van der Waals surface area contributed by atoms with Gasteiger partial charge in [-0.3, -0.25) is 9.36 Å². The summed E-state index contributed by atoms with van der Waals surface area (Å²) >= 11 is 0. The summed E-state index contributed by atoms with van der Waals surface area (Å²) in [5, 5.41) is 10.5. The Morgan fingerprint density at radius 2 is 1.88 bits per heavy atom. The van der Waals surface area contributed by atoms with Crippen molar-refractivity contribution in [2.75, 3.05) is 0 Å². The Morgan fingerprint density at radius 1 is 1.18 bits per heavy atom. The molecule has 0 radical (unpaired) electrons. The maximum absolute atomic E-state index is 11.4. The summed E-state index contributed by atoms with van der Waals surface area (Å²) in [7, 11) is -2.93. The molecule has 2 aromatic rings. The number of rotatable bonds is 3. The third-order valence-electron chi connectivity index (χ3n) is 2.57. The summed E-state index contributed by atoms with van der Waals surface area (Å²) in [4.78, 5) is 20.1. The molecule has 0 saturated carbocycles. The molecule has 0 amide bonds. The largest absolute Gasteiger partial charge is 0.481 e. The number of aliphatic carboxylic acids is 1. The highest BCUT2D eigenvalue weighted by molar-refractivity contribution is 7.48. The average molecular weight is 250 g/mol. The molecule has 5 heteroatoms. The zero-order valence-corrected chi connectivity index (χ0v) is 9.88. The van der Waals surface area contributed by atoms with Crippen LogP contribution in [0.25, 0.3) is 10.8 Å². The number of hydrogen-bond acceptors (Lipinski definition) is 2. The van der Waals surface area contributed by atoms with E-state index < -0.39 is 14.0 Å². The zero-order valence-electron chi connectivity index (χ0n) is 8.88. The summed E-state index contributed by atoms with van der Waals surface area (Å²) in [5.41, 5.74) is 0.405. The van der Waals surface area contributed by atoms with E-state index in [4.69, 9.17) is 5.11 Å². The normalized spacial score (nSPS) is 12.5. The lowest BCUT2D eigenvalue weighted by Gasteiger charge is -2.08. The van der Waals surface area contributed by atoms with Gasteiger partial charge in [-0.05, 0) is 16.3 Å². The lowest BCUT2D eigenvalue weighted by molar-refractivity contribution is -0.136. The van der Waals surface area contributed by atoms with Crippen molar-refractivity contribution < 1.29 is 19.4 Å². The fourth-order valence-electron chi connectivity index (χ4n) is 1.88. The zero-order chi connectivity index (χ0) is 12.4. The molecular weight excluding hydrogens is 239 g/mol. The monoisotopic (exact) mass is 250 g/mol. The summed E-state index contributed by atoms with van der Waals surface area (Å²) in [5.74, 6) is -1.01. The number of carboxylic acids is 1. The SMILES string of the molecule is O=C(O)Cc1ccc2ccccc2c1[PH](=O)O. The second kappa shape index (κ2) is 4.70. The summed E-state index contributed by atoms with van der Waals surface area (Å²) in [6, 6.07) is 10.5. The lowest BCUT2D eigenvalue weighted by Crippen LogP contribution is -2.12. The molecule has 0 spiro atoms. The Bertz CT molecular complexity index is 606. The van der Waals surface area contributed by atoms with Crippen molar-refractivity contribution in [3.8, 4) is 0 Å². The Kier molecular flexibility index (Phi) is 3.27. The Balaban J connectivity index is 2.72. The standard InChI is InChI=1S/C12H11O4P/c13-11(14)7-9-6-5-8-3-1-2-4-10(8)12(9)17(15)16/h1-6,17H,7H2,(H,13,14)(H,15,16). The molecule has 0 fully saturated rings. The van der Waals surface area contributed by atoms with Crippen molar-refractivity contribution in [1.82, 2.24) is 0 Å². The predicted molar refractivity (Wildman–Crippen MR) is 66.1 cm³/mol. The van der Waals surface area contributed by atoms with Gasteiger partial charge in [0.05, 0.1) is 6.42 Å². The average Bonchev–Trinajstić information content (AvgIpc) is 2.27. The van der Waals surface area contributed by atoms with Gasteiger partial charge >= 0.3 is 5.97 Å². The van der Waals surface area contributed by atoms with Crippen LogP contribution in [0, 0.1) is 0 Å². The second-order valence-corrected chi connectivity index (χ2v) is 4.81. The first kappa shape index (κ1) is 11.8. The van der Waals surface area contributed by atoms with E-state index >= 15 is 0 Å². The van der Waals surface area contributed by atoms with Gasteiger partial charge in [-0.2, -0.15) is 0 Å². The maximum Gasteiger partial charge on any atom is 0.307 e. The minimum atomic E-state index is -2.93. The number of carboxylic acid groups (broad SMARTS) is 1. The molecule has 1 unspecified atom stereocenters. The van der Waals surface area contributed by atoms with Gasteiger partial charge in [-0.1, -0.05) is 36.4 Å². The van der Waals surface area contributed by atoms with Gasteiger partial charge in [0.1, 0.15) is 0 Å². The van der Waals surface area contributed by atoms with Crippen LogP contribution in [0.3, 0.4) is 0 Å². The van der Waals surface area contributed by atoms with E-state index in [0.717, 1.165) is 5.39 Å². The number of fused-ring (bicyclic) bond motifs is 1. The molecule has 17 heavy (non-hydrogen) atoms. The van der Waals surface area contributed by atoms with Gasteiger partial charge in [0.25, 0.3) is 0 Å². The molecule has 0 aliphatic rings. The number of benzene rings is 2. The molecule has 4 nitrogen and oxygen atoms in total. The molecule has 1 atom stereocenters. The third-order valence-corrected chi connectivity index (χ3v) is 3.59. The van der Waals surface area contributed by atoms with Crippen LogP contribution in [-0.2, 0) is 15.8 Å². The fraction of sp³-hybridized carbons (Fsp3) is 0.0833. The van der Waals surface area contributed by atoms with E-state index in [1.54, 1.807) is 24.3 Å². The molecule has 2 rings (SSSR count). The van der Waals surface area contributed by atoms with Gasteiger partial charge in [-0.15, -0.1) is 0 Å². The first-order valence-corrected chi connectivity index (χ1v) is 6.41. The van der Waals surface area contributed by atoms with Crippen LogP contribution < -0.4 is 5.30 Å². The number of carbonyl (C=O) groups is 1. The van der Waals surface area contributed by atoms with Crippen LogP contribution in [-0.4, -0.2) is 16.0 Å².